The van der Waals surface area contributed by atoms with Gasteiger partial charge in [-0.2, -0.15) is 0 Å². The van der Waals surface area contributed by atoms with Gasteiger partial charge in [0, 0.05) is 0 Å². The average Bonchev–Trinajstić information content (AvgIpc) is 1.68. The zero-order valence-electron chi connectivity index (χ0n) is 5.27. The molecule has 0 aliphatic rings. The number of rotatable bonds is 2. The van der Waals surface area contributed by atoms with E-state index < -0.39 is 6.04 Å². The van der Waals surface area contributed by atoms with Crippen LogP contribution in [0.3, 0.4) is 0 Å². The van der Waals surface area contributed by atoms with Crippen LogP contribution in [-0.4, -0.2) is 19.0 Å². The lowest BCUT2D eigenvalue weighted by Gasteiger charge is -2.08. The normalized spacial score (nSPS) is 11.9. The van der Waals surface area contributed by atoms with E-state index in [4.69, 9.17) is 11.8 Å². The van der Waals surface area contributed by atoms with Crippen LogP contribution in [0.1, 0.15) is 13.8 Å². The first-order chi connectivity index (χ1) is 3.12. The van der Waals surface area contributed by atoms with Gasteiger partial charge in [-0.25, -0.2) is 0 Å². The fourth-order valence-electron chi connectivity index (χ4n) is 0.224. The molecule has 0 saturated heterocycles. The van der Waals surface area contributed by atoms with Crippen molar-refractivity contribution in [1.82, 2.24) is 0 Å². The molecule has 0 fully saturated rings. The van der Waals surface area contributed by atoms with Gasteiger partial charge in [0.25, 0.3) is 0 Å². The minimum absolute atomic E-state index is 0.821. The first kappa shape index (κ1) is 7.65. The molecule has 2 heteroatoms. The second-order valence-electron chi connectivity index (χ2n) is 1.93. The summed E-state index contributed by atoms with van der Waals surface area (Å²) in [4.78, 5) is 0. The molecule has 0 aromatic rings. The van der Waals surface area contributed by atoms with Gasteiger partial charge in [-0.1, -0.05) is 25.7 Å². The molecule has 0 aromatic heterocycles. The van der Waals surface area contributed by atoms with Crippen LogP contribution in [0.25, 0.3) is 0 Å². The third kappa shape index (κ3) is 3.25. The predicted molar refractivity (Wildman–Crippen MR) is 41.3 cm³/mol. The Balaban J connectivity index is 3.61. The van der Waals surface area contributed by atoms with E-state index >= 15 is 0 Å². The van der Waals surface area contributed by atoms with Gasteiger partial charge in [0.2, 0.25) is 0 Å². The standard InChI is InChI=1S/C5H13PS/c1-4-6(3,7)5-2/h4-5H2,1-3H3. The van der Waals surface area contributed by atoms with Crippen LogP contribution in [0.4, 0.5) is 0 Å². The molecule has 0 aliphatic heterocycles. The molecule has 0 atom stereocenters. The lowest BCUT2D eigenvalue weighted by atomic mass is 11.0. The predicted octanol–water partition coefficient (Wildman–Crippen LogP) is 2.14. The zero-order chi connectivity index (χ0) is 5.91. The van der Waals surface area contributed by atoms with E-state index in [2.05, 4.69) is 20.5 Å². The van der Waals surface area contributed by atoms with Crippen LogP contribution in [0, 0.1) is 0 Å². The van der Waals surface area contributed by atoms with Crippen molar-refractivity contribution in [3.63, 3.8) is 0 Å². The maximum atomic E-state index is 5.26. The van der Waals surface area contributed by atoms with Crippen molar-refractivity contribution in [2.45, 2.75) is 13.8 Å². The van der Waals surface area contributed by atoms with Gasteiger partial charge in [0.05, 0.1) is 0 Å². The highest BCUT2D eigenvalue weighted by atomic mass is 32.4. The quantitative estimate of drug-likeness (QED) is 0.524. The summed E-state index contributed by atoms with van der Waals surface area (Å²) >= 11 is 5.26. The molecule has 0 heterocycles. The number of hydrogen-bond acceptors (Lipinski definition) is 1. The van der Waals surface area contributed by atoms with Crippen molar-refractivity contribution < 1.29 is 0 Å². The lowest BCUT2D eigenvalue weighted by Crippen LogP contribution is -1.82. The minimum Gasteiger partial charge on any atom is -0.0978 e. The molecule has 44 valence electrons. The molecular weight excluding hydrogens is 123 g/mol. The van der Waals surface area contributed by atoms with Gasteiger partial charge in [0.1, 0.15) is 0 Å². The van der Waals surface area contributed by atoms with Crippen molar-refractivity contribution in [3.8, 4) is 0 Å². The fraction of sp³-hybridized carbons (Fsp3) is 1.00. The number of hydrogen-bond donors (Lipinski definition) is 0. The first-order valence-corrected chi connectivity index (χ1v) is 6.30. The minimum atomic E-state index is -0.821. The highest BCUT2D eigenvalue weighted by Crippen LogP contribution is 2.39. The van der Waals surface area contributed by atoms with Crippen LogP contribution in [0.5, 0.6) is 0 Å². The Morgan fingerprint density at radius 1 is 1.29 bits per heavy atom. The molecular formula is C5H13PS. The lowest BCUT2D eigenvalue weighted by molar-refractivity contribution is 1.41. The smallest absolute Gasteiger partial charge is 0.0266 e. The van der Waals surface area contributed by atoms with Crippen molar-refractivity contribution in [3.05, 3.63) is 0 Å². The Bertz CT molecular complexity index is 80.1. The topological polar surface area (TPSA) is 0 Å². The highest BCUT2D eigenvalue weighted by Gasteiger charge is 1.99. The first-order valence-electron chi connectivity index (χ1n) is 2.68. The molecule has 0 saturated carbocycles. The second kappa shape index (κ2) is 2.84. The van der Waals surface area contributed by atoms with E-state index in [0.717, 1.165) is 0 Å². The van der Waals surface area contributed by atoms with Crippen LogP contribution in [-0.2, 0) is 11.8 Å². The molecule has 0 amide bonds. The van der Waals surface area contributed by atoms with Crippen LogP contribution in [0.2, 0.25) is 0 Å². The van der Waals surface area contributed by atoms with Gasteiger partial charge in [-0.05, 0) is 25.0 Å². The molecule has 0 spiro atoms. The molecule has 0 bridgehead atoms. The van der Waals surface area contributed by atoms with Crippen LogP contribution >= 0.6 is 6.04 Å². The summed E-state index contributed by atoms with van der Waals surface area (Å²) < 4.78 is 0. The second-order valence-corrected chi connectivity index (χ2v) is 8.43. The van der Waals surface area contributed by atoms with E-state index in [-0.39, 0.29) is 0 Å². The van der Waals surface area contributed by atoms with Crippen molar-refractivity contribution in [2.24, 2.45) is 0 Å². The largest absolute Gasteiger partial charge is 0.0978 e. The van der Waals surface area contributed by atoms with Crippen molar-refractivity contribution in [1.29, 1.82) is 0 Å². The third-order valence-corrected chi connectivity index (χ3v) is 5.56. The van der Waals surface area contributed by atoms with E-state index in [9.17, 15) is 0 Å². The van der Waals surface area contributed by atoms with E-state index in [1.807, 2.05) is 0 Å². The van der Waals surface area contributed by atoms with Crippen LogP contribution in [0.15, 0.2) is 0 Å². The molecule has 7 heavy (non-hydrogen) atoms. The summed E-state index contributed by atoms with van der Waals surface area (Å²) in [5.41, 5.74) is 0. The summed E-state index contributed by atoms with van der Waals surface area (Å²) in [6.07, 6.45) is 2.44. The molecule has 0 unspecified atom stereocenters. The van der Waals surface area contributed by atoms with Crippen molar-refractivity contribution >= 4 is 17.8 Å². The Morgan fingerprint density at radius 3 is 1.57 bits per heavy atom. The Labute approximate surface area is 51.3 Å². The fourth-order valence-corrected chi connectivity index (χ4v) is 0.671. The molecule has 0 nitrogen and oxygen atoms in total. The third-order valence-electron chi connectivity index (χ3n) is 1.34. The van der Waals surface area contributed by atoms with Gasteiger partial charge in [0.15, 0.2) is 0 Å². The monoisotopic (exact) mass is 136 g/mol. The molecule has 0 aromatic carbocycles. The zero-order valence-corrected chi connectivity index (χ0v) is 6.98. The summed E-state index contributed by atoms with van der Waals surface area (Å²) in [6.45, 7) is 6.59. The molecule has 0 radical (unpaired) electrons. The van der Waals surface area contributed by atoms with Gasteiger partial charge < -0.3 is 0 Å². The Hall–Kier alpha value is 0.650. The van der Waals surface area contributed by atoms with Gasteiger partial charge in [-0.15, -0.1) is 0 Å². The Kier molecular flexibility index (Phi) is 3.10. The van der Waals surface area contributed by atoms with Crippen LogP contribution < -0.4 is 0 Å². The van der Waals surface area contributed by atoms with E-state index in [1.165, 1.54) is 12.3 Å². The SMILES string of the molecule is CCP(C)(=S)CC. The summed E-state index contributed by atoms with van der Waals surface area (Å²) in [7, 11) is 0. The summed E-state index contributed by atoms with van der Waals surface area (Å²) in [5.74, 6) is 0. The summed E-state index contributed by atoms with van der Waals surface area (Å²) in [5, 5.41) is 0. The van der Waals surface area contributed by atoms with Crippen molar-refractivity contribution in [2.75, 3.05) is 19.0 Å². The summed E-state index contributed by atoms with van der Waals surface area (Å²) in [6, 6.07) is -0.821. The van der Waals surface area contributed by atoms with E-state index in [0.29, 0.717) is 0 Å². The average molecular weight is 136 g/mol. The van der Waals surface area contributed by atoms with Gasteiger partial charge in [-0.3, -0.25) is 0 Å². The molecule has 0 N–H and O–H groups in total. The highest BCUT2D eigenvalue weighted by molar-refractivity contribution is 8.14. The molecule has 0 rings (SSSR count). The Morgan fingerprint density at radius 2 is 1.57 bits per heavy atom. The maximum absolute atomic E-state index is 5.26. The van der Waals surface area contributed by atoms with E-state index in [1.54, 1.807) is 0 Å². The maximum Gasteiger partial charge on any atom is -0.0266 e. The van der Waals surface area contributed by atoms with Gasteiger partial charge >= 0.3 is 0 Å². The molecule has 0 aliphatic carbocycles.